The van der Waals surface area contributed by atoms with Gasteiger partial charge in [-0.2, -0.15) is 0 Å². The summed E-state index contributed by atoms with van der Waals surface area (Å²) in [6.45, 7) is 10.5. The molecule has 1 aromatic heterocycles. The van der Waals surface area contributed by atoms with Crippen molar-refractivity contribution in [2.24, 2.45) is 5.73 Å². The normalized spacial score (nSPS) is 16.8. The van der Waals surface area contributed by atoms with E-state index in [0.717, 1.165) is 55.5 Å². The van der Waals surface area contributed by atoms with Crippen molar-refractivity contribution in [3.63, 3.8) is 0 Å². The number of nitrogens with zero attached hydrogens (tertiary/aromatic N) is 2. The van der Waals surface area contributed by atoms with Crippen LogP contribution >= 0.6 is 11.3 Å². The second-order valence-corrected chi connectivity index (χ2v) is 11.6. The summed E-state index contributed by atoms with van der Waals surface area (Å²) in [4.78, 5) is 42.2. The first-order chi connectivity index (χ1) is 18.1. The van der Waals surface area contributed by atoms with Gasteiger partial charge in [0.25, 0.3) is 5.91 Å². The fraction of sp³-hybridized carbons (Fsp3) is 0.536. The van der Waals surface area contributed by atoms with Crippen LogP contribution in [0.3, 0.4) is 0 Å². The lowest BCUT2D eigenvalue weighted by molar-refractivity contribution is -0.155. The Morgan fingerprint density at radius 1 is 1.16 bits per heavy atom. The number of carbonyl (C=O) groups excluding carboxylic acids is 3. The molecule has 2 aromatic rings. The van der Waals surface area contributed by atoms with E-state index in [9.17, 15) is 14.4 Å². The van der Waals surface area contributed by atoms with Gasteiger partial charge < -0.3 is 24.8 Å². The minimum absolute atomic E-state index is 0.0000870. The summed E-state index contributed by atoms with van der Waals surface area (Å²) in [6.07, 6.45) is 1.10. The van der Waals surface area contributed by atoms with Crippen LogP contribution < -0.4 is 10.5 Å². The van der Waals surface area contributed by atoms with E-state index in [2.05, 4.69) is 17.0 Å². The van der Waals surface area contributed by atoms with E-state index < -0.39 is 23.5 Å². The Balaban J connectivity index is 1.31. The fourth-order valence-corrected chi connectivity index (χ4v) is 5.60. The van der Waals surface area contributed by atoms with E-state index in [1.54, 1.807) is 26.2 Å². The standard InChI is InChI=1S/C28H37N3O6S/c1-28(2,3)37-25(32)9-8-23(26(29)33)31-16-21-22(27(31)34)18-38-24(21)17-36-20-6-4-19(5-7-20)10-11-30-12-14-35-15-13-30/h4-7,18,23H,8-17H2,1-3H3,(H2,29,33). The Hall–Kier alpha value is -2.95. The summed E-state index contributed by atoms with van der Waals surface area (Å²) in [5, 5.41) is 1.80. The van der Waals surface area contributed by atoms with Gasteiger partial charge in [-0.25, -0.2) is 0 Å². The summed E-state index contributed by atoms with van der Waals surface area (Å²) in [5.41, 5.74) is 7.68. The van der Waals surface area contributed by atoms with Gasteiger partial charge in [-0.15, -0.1) is 11.3 Å². The van der Waals surface area contributed by atoms with Crippen LogP contribution in [0.1, 0.15) is 60.0 Å². The molecular weight excluding hydrogens is 506 g/mol. The van der Waals surface area contributed by atoms with Crippen LogP contribution in [0.25, 0.3) is 0 Å². The van der Waals surface area contributed by atoms with E-state index >= 15 is 0 Å². The molecule has 10 heteroatoms. The van der Waals surface area contributed by atoms with Gasteiger partial charge in [0, 0.05) is 48.4 Å². The number of amides is 2. The lowest BCUT2D eigenvalue weighted by Crippen LogP contribution is -2.45. The van der Waals surface area contributed by atoms with Crippen molar-refractivity contribution in [3.8, 4) is 5.75 Å². The lowest BCUT2D eigenvalue weighted by Gasteiger charge is -2.26. The van der Waals surface area contributed by atoms with Gasteiger partial charge in [0.15, 0.2) is 0 Å². The second-order valence-electron chi connectivity index (χ2n) is 10.7. The lowest BCUT2D eigenvalue weighted by atomic mass is 10.1. The van der Waals surface area contributed by atoms with Crippen molar-refractivity contribution in [1.29, 1.82) is 0 Å². The van der Waals surface area contributed by atoms with Crippen LogP contribution in [0, 0.1) is 0 Å². The summed E-state index contributed by atoms with van der Waals surface area (Å²) < 4.78 is 16.8. The highest BCUT2D eigenvalue weighted by molar-refractivity contribution is 7.10. The summed E-state index contributed by atoms with van der Waals surface area (Å²) in [7, 11) is 0. The molecule has 2 aliphatic rings. The number of morpholine rings is 1. The molecule has 4 rings (SSSR count). The number of thiophene rings is 1. The molecule has 0 aliphatic carbocycles. The Bertz CT molecular complexity index is 1130. The molecule has 0 radical (unpaired) electrons. The van der Waals surface area contributed by atoms with Crippen molar-refractivity contribution >= 4 is 29.1 Å². The minimum Gasteiger partial charge on any atom is -0.488 e. The highest BCUT2D eigenvalue weighted by Gasteiger charge is 2.38. The zero-order valence-electron chi connectivity index (χ0n) is 22.4. The number of nitrogens with two attached hydrogens (primary N) is 1. The number of hydrogen-bond acceptors (Lipinski definition) is 8. The number of rotatable bonds is 11. The van der Waals surface area contributed by atoms with Crippen LogP contribution in [-0.4, -0.2) is 72.1 Å². The van der Waals surface area contributed by atoms with Gasteiger partial charge in [-0.05, 0) is 51.3 Å². The average Bonchev–Trinajstić information content (AvgIpc) is 3.41. The van der Waals surface area contributed by atoms with Gasteiger partial charge >= 0.3 is 5.97 Å². The maximum atomic E-state index is 13.1. The van der Waals surface area contributed by atoms with Crippen molar-refractivity contribution in [3.05, 3.63) is 51.2 Å². The highest BCUT2D eigenvalue weighted by atomic mass is 32.1. The molecule has 0 saturated carbocycles. The number of esters is 1. The van der Waals surface area contributed by atoms with Crippen molar-refractivity contribution < 1.29 is 28.6 Å². The highest BCUT2D eigenvalue weighted by Crippen LogP contribution is 2.34. The van der Waals surface area contributed by atoms with Gasteiger partial charge in [-0.1, -0.05) is 12.1 Å². The molecular formula is C28H37N3O6S. The molecule has 1 unspecified atom stereocenters. The molecule has 0 spiro atoms. The third kappa shape index (κ3) is 7.33. The van der Waals surface area contributed by atoms with Gasteiger partial charge in [-0.3, -0.25) is 19.3 Å². The van der Waals surface area contributed by atoms with Crippen LogP contribution in [0.4, 0.5) is 0 Å². The molecule has 206 valence electrons. The summed E-state index contributed by atoms with van der Waals surface area (Å²) >= 11 is 1.47. The summed E-state index contributed by atoms with van der Waals surface area (Å²) in [6, 6.07) is 7.23. The first-order valence-corrected chi connectivity index (χ1v) is 13.9. The van der Waals surface area contributed by atoms with E-state index in [1.165, 1.54) is 21.8 Å². The minimum atomic E-state index is -0.883. The van der Waals surface area contributed by atoms with E-state index in [-0.39, 0.29) is 25.3 Å². The molecule has 38 heavy (non-hydrogen) atoms. The van der Waals surface area contributed by atoms with Gasteiger partial charge in [0.2, 0.25) is 5.91 Å². The molecule has 0 bridgehead atoms. The van der Waals surface area contributed by atoms with Gasteiger partial charge in [0.05, 0.1) is 18.8 Å². The maximum Gasteiger partial charge on any atom is 0.306 e. The van der Waals surface area contributed by atoms with Crippen LogP contribution in [-0.2, 0) is 38.6 Å². The Kier molecular flexibility index (Phi) is 9.07. The van der Waals surface area contributed by atoms with Crippen molar-refractivity contribution in [1.82, 2.24) is 9.80 Å². The number of fused-ring (bicyclic) bond motifs is 1. The zero-order chi connectivity index (χ0) is 27.3. The largest absolute Gasteiger partial charge is 0.488 e. The van der Waals surface area contributed by atoms with Crippen LogP contribution in [0.15, 0.2) is 29.6 Å². The van der Waals surface area contributed by atoms with Crippen LogP contribution in [0.2, 0.25) is 0 Å². The maximum absolute atomic E-state index is 13.1. The molecule has 2 N–H and O–H groups in total. The average molecular weight is 544 g/mol. The predicted molar refractivity (Wildman–Crippen MR) is 144 cm³/mol. The fourth-order valence-electron chi connectivity index (χ4n) is 4.66. The SMILES string of the molecule is CC(C)(C)OC(=O)CCC(C(N)=O)N1Cc2c(csc2COc2ccc(CCN3CCOCC3)cc2)C1=O. The van der Waals surface area contributed by atoms with Gasteiger partial charge in [0.1, 0.15) is 24.0 Å². The molecule has 3 heterocycles. The second kappa shape index (κ2) is 12.3. The third-order valence-corrected chi connectivity index (χ3v) is 7.66. The predicted octanol–water partition coefficient (Wildman–Crippen LogP) is 3.13. The number of ether oxygens (including phenoxy) is 3. The first-order valence-electron chi connectivity index (χ1n) is 13.0. The molecule has 2 amide bonds. The molecule has 2 aliphatic heterocycles. The van der Waals surface area contributed by atoms with Crippen molar-refractivity contribution in [2.45, 2.75) is 64.8 Å². The number of benzene rings is 1. The Morgan fingerprint density at radius 2 is 1.87 bits per heavy atom. The molecule has 1 atom stereocenters. The number of carbonyl (C=O) groups is 3. The number of primary amides is 1. The zero-order valence-corrected chi connectivity index (χ0v) is 23.2. The topological polar surface area (TPSA) is 111 Å². The molecule has 1 aromatic carbocycles. The molecule has 9 nitrogen and oxygen atoms in total. The van der Waals surface area contributed by atoms with Crippen LogP contribution in [0.5, 0.6) is 5.75 Å². The quantitative estimate of drug-likeness (QED) is 0.434. The number of hydrogen-bond donors (Lipinski definition) is 1. The smallest absolute Gasteiger partial charge is 0.306 e. The third-order valence-electron chi connectivity index (χ3n) is 6.66. The van der Waals surface area contributed by atoms with E-state index in [4.69, 9.17) is 19.9 Å². The summed E-state index contributed by atoms with van der Waals surface area (Å²) in [5.74, 6) is -0.552. The molecule has 1 fully saturated rings. The van der Waals surface area contributed by atoms with Crippen molar-refractivity contribution in [2.75, 3.05) is 32.8 Å². The molecule has 1 saturated heterocycles. The van der Waals surface area contributed by atoms with E-state index in [1.807, 2.05) is 12.1 Å². The monoisotopic (exact) mass is 543 g/mol. The Labute approximate surface area is 227 Å². The Morgan fingerprint density at radius 3 is 2.53 bits per heavy atom. The van der Waals surface area contributed by atoms with E-state index in [0.29, 0.717) is 12.2 Å². The first kappa shape index (κ1) is 28.1.